The number of amides is 4. The lowest BCUT2D eigenvalue weighted by atomic mass is 9.79. The zero-order valence-electron chi connectivity index (χ0n) is 34.3. The van der Waals surface area contributed by atoms with Crippen LogP contribution in [0.4, 0.5) is 11.9 Å². The maximum Gasteiger partial charge on any atom is 0.331 e. The minimum Gasteiger partial charge on any atom is -0.490 e. The normalized spacial score (nSPS) is 17.0. The molecule has 6 N–H and O–H groups in total. The summed E-state index contributed by atoms with van der Waals surface area (Å²) in [5.74, 6) is -1.23. The molecule has 9 rings (SSSR count). The lowest BCUT2D eigenvalue weighted by Gasteiger charge is -2.47. The van der Waals surface area contributed by atoms with E-state index in [9.17, 15) is 19.2 Å². The summed E-state index contributed by atoms with van der Waals surface area (Å²) in [4.78, 5) is 70.3. The van der Waals surface area contributed by atoms with Crippen LogP contribution in [0.3, 0.4) is 0 Å². The molecule has 5 aromatic heterocycles. The van der Waals surface area contributed by atoms with Gasteiger partial charge in [0.1, 0.15) is 29.9 Å². The van der Waals surface area contributed by atoms with Gasteiger partial charge in [-0.05, 0) is 45.4 Å². The number of pyridine rings is 1. The summed E-state index contributed by atoms with van der Waals surface area (Å²) in [6.07, 6.45) is 6.13. The fourth-order valence-corrected chi connectivity index (χ4v) is 8.63. The monoisotopic (exact) mass is 832 g/mol. The van der Waals surface area contributed by atoms with E-state index in [1.165, 1.54) is 16.9 Å². The number of ether oxygens (including phenoxy) is 2. The number of hydrogen-bond acceptors (Lipinski definition) is 12. The number of carbonyl (C=O) groups excluding carboxylic acids is 4. The molecule has 0 atom stereocenters. The van der Waals surface area contributed by atoms with Crippen molar-refractivity contribution in [2.24, 2.45) is 16.9 Å². The summed E-state index contributed by atoms with van der Waals surface area (Å²) >= 11 is 0. The number of carbonyl (C=O) groups is 4. The molecule has 1 aromatic carbocycles. The number of rotatable bonds is 8. The molecule has 2 saturated heterocycles. The Labute approximate surface area is 348 Å². The first-order chi connectivity index (χ1) is 29.4. The Morgan fingerprint density at radius 3 is 2.30 bits per heavy atom. The topological polar surface area (TPSA) is 254 Å². The van der Waals surface area contributed by atoms with E-state index in [4.69, 9.17) is 31.0 Å². The molecule has 4 amide bonds. The van der Waals surface area contributed by atoms with Crippen LogP contribution in [0.1, 0.15) is 73.6 Å². The van der Waals surface area contributed by atoms with E-state index in [2.05, 4.69) is 30.6 Å². The number of aromatic nitrogens is 10. The number of nitrogens with two attached hydrogens (primary N) is 2. The zero-order chi connectivity index (χ0) is 42.7. The van der Waals surface area contributed by atoms with Crippen molar-refractivity contribution in [3.05, 3.63) is 70.7 Å². The van der Waals surface area contributed by atoms with E-state index in [-0.39, 0.29) is 53.0 Å². The van der Waals surface area contributed by atoms with E-state index in [1.807, 2.05) is 26.0 Å². The lowest BCUT2D eigenvalue weighted by molar-refractivity contribution is -0.606. The van der Waals surface area contributed by atoms with Crippen LogP contribution in [0.25, 0.3) is 27.9 Å². The van der Waals surface area contributed by atoms with Gasteiger partial charge in [-0.1, -0.05) is 12.2 Å². The minimum atomic E-state index is -0.673. The molecule has 21 heteroatoms. The van der Waals surface area contributed by atoms with Gasteiger partial charge in [0.05, 0.1) is 23.4 Å². The number of allylic oxidation sites excluding steroid dienone is 2. The highest BCUT2D eigenvalue weighted by atomic mass is 16.5. The fourth-order valence-electron chi connectivity index (χ4n) is 8.63. The summed E-state index contributed by atoms with van der Waals surface area (Å²) in [5, 5.41) is 15.4. The van der Waals surface area contributed by atoms with Crippen LogP contribution in [-0.4, -0.2) is 112 Å². The van der Waals surface area contributed by atoms with Crippen molar-refractivity contribution in [3.8, 4) is 11.4 Å². The average molecular weight is 833 g/mol. The van der Waals surface area contributed by atoms with Gasteiger partial charge in [-0.25, -0.2) is 15.0 Å². The number of nitrogens with one attached hydrogen (secondary N) is 2. The predicted octanol–water partition coefficient (Wildman–Crippen LogP) is 1.48. The summed E-state index contributed by atoms with van der Waals surface area (Å²) in [5.41, 5.74) is 14.6. The highest BCUT2D eigenvalue weighted by Gasteiger charge is 2.45. The predicted molar refractivity (Wildman–Crippen MR) is 220 cm³/mol. The molecule has 1 spiro atoms. The van der Waals surface area contributed by atoms with Crippen molar-refractivity contribution >= 4 is 57.7 Å². The van der Waals surface area contributed by atoms with Crippen molar-refractivity contribution in [1.29, 1.82) is 0 Å². The van der Waals surface area contributed by atoms with Gasteiger partial charge in [-0.3, -0.25) is 44.0 Å². The van der Waals surface area contributed by atoms with Crippen LogP contribution in [-0.2, 0) is 30.9 Å². The molecule has 0 radical (unpaired) electrons. The van der Waals surface area contributed by atoms with Gasteiger partial charge in [0.2, 0.25) is 23.7 Å². The Hall–Kier alpha value is -7.00. The van der Waals surface area contributed by atoms with Crippen LogP contribution < -0.4 is 31.4 Å². The number of nitrogens with zero attached hydrogens (tertiary/aromatic N) is 11. The van der Waals surface area contributed by atoms with Crippen LogP contribution in [0.2, 0.25) is 0 Å². The summed E-state index contributed by atoms with van der Waals surface area (Å²) in [6.45, 7) is 12.6. The van der Waals surface area contributed by atoms with Gasteiger partial charge < -0.3 is 25.5 Å². The van der Waals surface area contributed by atoms with Crippen molar-refractivity contribution in [3.63, 3.8) is 0 Å². The Morgan fingerprint density at radius 1 is 0.902 bits per heavy atom. The van der Waals surface area contributed by atoms with Gasteiger partial charge in [0, 0.05) is 75.1 Å². The van der Waals surface area contributed by atoms with Crippen LogP contribution in [0.15, 0.2) is 36.5 Å². The van der Waals surface area contributed by atoms with Gasteiger partial charge in [0.15, 0.2) is 17.0 Å². The molecular weight excluding hydrogens is 787 g/mol. The van der Waals surface area contributed by atoms with Gasteiger partial charge in [-0.15, -0.1) is 4.68 Å². The number of primary amides is 2. The number of benzene rings is 1. The van der Waals surface area contributed by atoms with E-state index in [0.29, 0.717) is 71.4 Å². The number of hydrogen-bond donors (Lipinski definition) is 4. The summed E-state index contributed by atoms with van der Waals surface area (Å²) < 4.78 is 20.3. The standard InChI is InChI=1S/C40H45N15O6/c1-5-53-31-29(22(3)48-53)55-23(4)49-54(6-2)37(55)36(59)47-39-45-27-16-25(33(42)57)18-43-34(27)52(39)11-8-7-10-51-30-26(44-38(51)46-35(31)58)15-24(32(41)56)17-28(30)61-14-12-50-19-40(20-50)9-13-60-21-40/h7-8,15-18H,5-6,9-14,19-21H2,1-4H3,(H5-,41,42,44,45,46,47,56,57,58,59)/p+1/b8-7+. The van der Waals surface area contributed by atoms with E-state index >= 15 is 0 Å². The third-order valence-electron chi connectivity index (χ3n) is 11.5. The first-order valence-electron chi connectivity index (χ1n) is 20.2. The summed E-state index contributed by atoms with van der Waals surface area (Å²) in [6, 6.07) is 4.70. The molecule has 3 aliphatic heterocycles. The van der Waals surface area contributed by atoms with Crippen molar-refractivity contribution < 1.29 is 33.2 Å². The largest absolute Gasteiger partial charge is 0.490 e. The average Bonchev–Trinajstić information content (AvgIpc) is 4.04. The Balaban J connectivity index is 1.19. The Morgan fingerprint density at radius 2 is 1.59 bits per heavy atom. The number of likely N-dealkylation sites (tertiary alicyclic amines) is 1. The Kier molecular flexibility index (Phi) is 9.85. The highest BCUT2D eigenvalue weighted by molar-refractivity contribution is 6.06. The number of aryl methyl sites for hydroxylation is 4. The zero-order valence-corrected chi connectivity index (χ0v) is 34.3. The summed E-state index contributed by atoms with van der Waals surface area (Å²) in [7, 11) is 0. The highest BCUT2D eigenvalue weighted by Crippen LogP contribution is 2.38. The molecule has 2 fully saturated rings. The first kappa shape index (κ1) is 39.5. The SMILES string of the molecule is CCn1nc(C)c2c1C(=O)Nc1nc3cc(C(N)=O)cc(OCCN4CC5(CCOC5)C4)c3n1C/C=C/Cn1c(nc3cc(C(N)=O)cnc31)NC(=O)c1n(CC)nc(C)[n+]1-2. The third kappa shape index (κ3) is 6.84. The van der Waals surface area contributed by atoms with Gasteiger partial charge in [0.25, 0.3) is 11.7 Å². The van der Waals surface area contributed by atoms with Gasteiger partial charge in [-0.2, -0.15) is 9.67 Å². The quantitative estimate of drug-likeness (QED) is 0.126. The van der Waals surface area contributed by atoms with Crippen LogP contribution >= 0.6 is 0 Å². The second kappa shape index (κ2) is 15.2. The number of anilines is 2. The molecule has 0 aliphatic carbocycles. The third-order valence-corrected chi connectivity index (χ3v) is 11.5. The van der Waals surface area contributed by atoms with E-state index < -0.39 is 23.6 Å². The van der Waals surface area contributed by atoms with Crippen LogP contribution in [0, 0.1) is 19.3 Å². The Bertz CT molecular complexity index is 2810. The molecular formula is C40H46N15O6+. The lowest BCUT2D eigenvalue weighted by Crippen LogP contribution is -2.57. The molecule has 21 nitrogen and oxygen atoms in total. The molecule has 61 heavy (non-hydrogen) atoms. The second-order valence-electron chi connectivity index (χ2n) is 15.6. The first-order valence-corrected chi connectivity index (χ1v) is 20.2. The second-order valence-corrected chi connectivity index (χ2v) is 15.6. The van der Waals surface area contributed by atoms with Crippen molar-refractivity contribution in [2.45, 2.75) is 60.3 Å². The van der Waals surface area contributed by atoms with E-state index in [1.54, 1.807) is 44.4 Å². The van der Waals surface area contributed by atoms with E-state index in [0.717, 1.165) is 32.7 Å². The smallest absolute Gasteiger partial charge is 0.331 e. The molecule has 8 heterocycles. The van der Waals surface area contributed by atoms with Crippen molar-refractivity contribution in [2.75, 3.05) is 50.1 Å². The molecule has 0 bridgehead atoms. The molecule has 0 unspecified atom stereocenters. The van der Waals surface area contributed by atoms with Crippen molar-refractivity contribution in [1.82, 2.24) is 48.5 Å². The number of imidazole rings is 2. The molecule has 316 valence electrons. The number of fused-ring (bicyclic) bond motifs is 9. The molecule has 0 saturated carbocycles. The maximum absolute atomic E-state index is 14.7. The minimum absolute atomic E-state index is 0.109. The van der Waals surface area contributed by atoms with Gasteiger partial charge >= 0.3 is 11.7 Å². The van der Waals surface area contributed by atoms with Crippen LogP contribution in [0.5, 0.6) is 5.75 Å². The molecule has 6 aromatic rings. The molecule has 3 aliphatic rings. The maximum atomic E-state index is 14.7. The fraction of sp³-hybridized carbons (Fsp3) is 0.400.